The lowest BCUT2D eigenvalue weighted by molar-refractivity contribution is 0.0811. The van der Waals surface area contributed by atoms with E-state index in [0.717, 1.165) is 6.61 Å². The summed E-state index contributed by atoms with van der Waals surface area (Å²) >= 11 is 0. The van der Waals surface area contributed by atoms with Crippen LogP contribution in [0, 0.1) is 5.92 Å². The predicted molar refractivity (Wildman–Crippen MR) is 68.6 cm³/mol. The van der Waals surface area contributed by atoms with Gasteiger partial charge in [-0.1, -0.05) is 13.8 Å². The number of nitrogen functional groups attached to an aromatic ring is 1. The van der Waals surface area contributed by atoms with Gasteiger partial charge in [-0.2, -0.15) is 0 Å². The molecule has 0 aromatic heterocycles. The Bertz CT molecular complexity index is 339. The lowest BCUT2D eigenvalue weighted by atomic mass is 10.2. The quantitative estimate of drug-likeness (QED) is 0.586. The van der Waals surface area contributed by atoms with Gasteiger partial charge in [0.1, 0.15) is 6.61 Å². The van der Waals surface area contributed by atoms with Crippen molar-refractivity contribution in [1.29, 1.82) is 0 Å². The minimum atomic E-state index is 0.493. The van der Waals surface area contributed by atoms with Gasteiger partial charge in [0, 0.05) is 18.4 Å². The Morgan fingerprint density at radius 1 is 1.18 bits per heavy atom. The number of hydrogen-bond donors (Lipinski definition) is 1. The number of anilines is 1. The summed E-state index contributed by atoms with van der Waals surface area (Å²) in [4.78, 5) is 0. The van der Waals surface area contributed by atoms with Gasteiger partial charge >= 0.3 is 0 Å². The van der Waals surface area contributed by atoms with Crippen molar-refractivity contribution >= 4 is 5.69 Å². The topological polar surface area (TPSA) is 53.7 Å². The van der Waals surface area contributed by atoms with Crippen molar-refractivity contribution < 1.29 is 14.2 Å². The molecule has 0 aliphatic carbocycles. The van der Waals surface area contributed by atoms with Crippen molar-refractivity contribution in [3.8, 4) is 11.5 Å². The molecule has 17 heavy (non-hydrogen) atoms. The van der Waals surface area contributed by atoms with E-state index in [4.69, 9.17) is 19.9 Å². The molecule has 0 bridgehead atoms. The molecule has 0 fully saturated rings. The molecule has 0 spiro atoms. The van der Waals surface area contributed by atoms with Crippen molar-refractivity contribution in [2.45, 2.75) is 13.8 Å². The molecule has 0 aliphatic rings. The summed E-state index contributed by atoms with van der Waals surface area (Å²) in [5.41, 5.74) is 6.34. The molecular formula is C13H21NO3. The van der Waals surface area contributed by atoms with Gasteiger partial charge in [0.2, 0.25) is 0 Å². The maximum Gasteiger partial charge on any atom is 0.163 e. The average molecular weight is 239 g/mol. The molecule has 0 amide bonds. The van der Waals surface area contributed by atoms with Crippen LogP contribution in [0.25, 0.3) is 0 Å². The molecule has 2 N–H and O–H groups in total. The van der Waals surface area contributed by atoms with Crippen molar-refractivity contribution in [1.82, 2.24) is 0 Å². The summed E-state index contributed by atoms with van der Waals surface area (Å²) in [5.74, 6) is 1.88. The zero-order chi connectivity index (χ0) is 12.7. The van der Waals surface area contributed by atoms with E-state index in [1.807, 2.05) is 0 Å². The molecule has 0 aliphatic heterocycles. The molecule has 4 nitrogen and oxygen atoms in total. The Hall–Kier alpha value is -1.42. The van der Waals surface area contributed by atoms with Crippen LogP contribution in [0.4, 0.5) is 5.69 Å². The second kappa shape index (κ2) is 7.01. The van der Waals surface area contributed by atoms with Crippen molar-refractivity contribution in [2.24, 2.45) is 5.92 Å². The minimum Gasteiger partial charge on any atom is -0.493 e. The monoisotopic (exact) mass is 239 g/mol. The Kier molecular flexibility index (Phi) is 5.63. The zero-order valence-electron chi connectivity index (χ0n) is 10.7. The molecular weight excluding hydrogens is 218 g/mol. The van der Waals surface area contributed by atoms with Gasteiger partial charge in [0.25, 0.3) is 0 Å². The largest absolute Gasteiger partial charge is 0.493 e. The van der Waals surface area contributed by atoms with E-state index in [9.17, 15) is 0 Å². The summed E-state index contributed by atoms with van der Waals surface area (Å²) in [5, 5.41) is 0. The Labute approximate surface area is 103 Å². The molecule has 1 rings (SSSR count). The van der Waals surface area contributed by atoms with Gasteiger partial charge in [-0.25, -0.2) is 0 Å². The van der Waals surface area contributed by atoms with Crippen LogP contribution in [0.3, 0.4) is 0 Å². The molecule has 0 heterocycles. The summed E-state index contributed by atoms with van der Waals surface area (Å²) in [7, 11) is 1.60. The van der Waals surface area contributed by atoms with E-state index >= 15 is 0 Å². The highest BCUT2D eigenvalue weighted by Gasteiger charge is 2.04. The van der Waals surface area contributed by atoms with Gasteiger partial charge in [0.15, 0.2) is 11.5 Å². The van der Waals surface area contributed by atoms with Crippen LogP contribution in [0.15, 0.2) is 18.2 Å². The maximum atomic E-state index is 5.69. The molecule has 4 heteroatoms. The van der Waals surface area contributed by atoms with Crippen LogP contribution < -0.4 is 15.2 Å². The number of benzene rings is 1. The number of ether oxygens (including phenoxy) is 3. The first kappa shape index (κ1) is 13.6. The zero-order valence-corrected chi connectivity index (χ0v) is 10.7. The second-order valence-electron chi connectivity index (χ2n) is 4.23. The van der Waals surface area contributed by atoms with Gasteiger partial charge in [-0.05, 0) is 18.1 Å². The molecule has 1 aromatic carbocycles. The van der Waals surface area contributed by atoms with Gasteiger partial charge < -0.3 is 19.9 Å². The molecule has 0 radical (unpaired) electrons. The predicted octanol–water partition coefficient (Wildman–Crippen LogP) is 2.33. The maximum absolute atomic E-state index is 5.69. The van der Waals surface area contributed by atoms with Crippen LogP contribution in [-0.2, 0) is 4.74 Å². The standard InChI is InChI=1S/C13H21NO3/c1-10(2)9-16-6-7-17-13-8-11(14)4-5-12(13)15-3/h4-5,8,10H,6-7,9,14H2,1-3H3. The number of rotatable bonds is 7. The number of hydrogen-bond acceptors (Lipinski definition) is 4. The Morgan fingerprint density at radius 3 is 2.59 bits per heavy atom. The first-order chi connectivity index (χ1) is 8.13. The highest BCUT2D eigenvalue weighted by atomic mass is 16.5. The summed E-state index contributed by atoms with van der Waals surface area (Å²) in [6.07, 6.45) is 0. The van der Waals surface area contributed by atoms with E-state index in [-0.39, 0.29) is 0 Å². The minimum absolute atomic E-state index is 0.493. The SMILES string of the molecule is COc1ccc(N)cc1OCCOCC(C)C. The summed E-state index contributed by atoms with van der Waals surface area (Å²) in [6.45, 7) is 6.03. The fraction of sp³-hybridized carbons (Fsp3) is 0.538. The van der Waals surface area contributed by atoms with E-state index < -0.39 is 0 Å². The molecule has 0 atom stereocenters. The number of nitrogens with two attached hydrogens (primary N) is 1. The van der Waals surface area contributed by atoms with Crippen LogP contribution in [0.5, 0.6) is 11.5 Å². The van der Waals surface area contributed by atoms with Crippen molar-refractivity contribution in [3.63, 3.8) is 0 Å². The lowest BCUT2D eigenvalue weighted by Gasteiger charge is -2.12. The van der Waals surface area contributed by atoms with Crippen molar-refractivity contribution in [2.75, 3.05) is 32.7 Å². The van der Waals surface area contributed by atoms with Gasteiger partial charge in [0.05, 0.1) is 13.7 Å². The Balaban J connectivity index is 2.37. The highest BCUT2D eigenvalue weighted by molar-refractivity contribution is 5.51. The smallest absolute Gasteiger partial charge is 0.163 e. The first-order valence-corrected chi connectivity index (χ1v) is 5.77. The first-order valence-electron chi connectivity index (χ1n) is 5.77. The number of methoxy groups -OCH3 is 1. The molecule has 0 saturated heterocycles. The van der Waals surface area contributed by atoms with E-state index in [1.54, 1.807) is 25.3 Å². The Morgan fingerprint density at radius 2 is 1.94 bits per heavy atom. The third kappa shape index (κ3) is 4.95. The highest BCUT2D eigenvalue weighted by Crippen LogP contribution is 2.28. The normalized spacial score (nSPS) is 10.6. The van der Waals surface area contributed by atoms with Crippen LogP contribution in [0.1, 0.15) is 13.8 Å². The molecule has 0 unspecified atom stereocenters. The van der Waals surface area contributed by atoms with Gasteiger partial charge in [-0.15, -0.1) is 0 Å². The van der Waals surface area contributed by atoms with E-state index in [0.29, 0.717) is 36.3 Å². The molecule has 96 valence electrons. The third-order valence-electron chi connectivity index (χ3n) is 2.12. The van der Waals surface area contributed by atoms with Crippen LogP contribution in [-0.4, -0.2) is 26.9 Å². The van der Waals surface area contributed by atoms with Crippen LogP contribution in [0.2, 0.25) is 0 Å². The van der Waals surface area contributed by atoms with Gasteiger partial charge in [-0.3, -0.25) is 0 Å². The van der Waals surface area contributed by atoms with E-state index in [2.05, 4.69) is 13.8 Å². The van der Waals surface area contributed by atoms with Crippen molar-refractivity contribution in [3.05, 3.63) is 18.2 Å². The van der Waals surface area contributed by atoms with Crippen LogP contribution >= 0.6 is 0 Å². The lowest BCUT2D eigenvalue weighted by Crippen LogP contribution is -2.10. The summed E-state index contributed by atoms with van der Waals surface area (Å²) < 4.78 is 16.2. The fourth-order valence-corrected chi connectivity index (χ4v) is 1.34. The average Bonchev–Trinajstić information content (AvgIpc) is 2.28. The molecule has 1 aromatic rings. The van der Waals surface area contributed by atoms with E-state index in [1.165, 1.54) is 0 Å². The summed E-state index contributed by atoms with van der Waals surface area (Å²) in [6, 6.07) is 5.32. The fourth-order valence-electron chi connectivity index (χ4n) is 1.34. The third-order valence-corrected chi connectivity index (χ3v) is 2.12. The molecule has 0 saturated carbocycles. The second-order valence-corrected chi connectivity index (χ2v) is 4.23.